The highest BCUT2D eigenvalue weighted by molar-refractivity contribution is 5.83. The van der Waals surface area contributed by atoms with Gasteiger partial charge in [0.1, 0.15) is 5.75 Å². The van der Waals surface area contributed by atoms with Crippen LogP contribution in [-0.4, -0.2) is 22.6 Å². The lowest BCUT2D eigenvalue weighted by molar-refractivity contribution is -0.384. The minimum absolute atomic E-state index is 0.00628. The van der Waals surface area contributed by atoms with Crippen LogP contribution in [0.4, 0.5) is 5.69 Å². The van der Waals surface area contributed by atoms with Crippen LogP contribution in [0.3, 0.4) is 0 Å². The van der Waals surface area contributed by atoms with E-state index >= 15 is 0 Å². The largest absolute Gasteiger partial charge is 0.493 e. The van der Waals surface area contributed by atoms with Gasteiger partial charge in [-0.15, -0.1) is 0 Å². The van der Waals surface area contributed by atoms with Crippen LogP contribution in [0.25, 0.3) is 11.1 Å². The van der Waals surface area contributed by atoms with E-state index in [0.29, 0.717) is 47.8 Å². The Morgan fingerprint density at radius 2 is 2.00 bits per heavy atom. The van der Waals surface area contributed by atoms with E-state index in [1.807, 2.05) is 39.0 Å². The zero-order valence-corrected chi connectivity index (χ0v) is 17.8. The molecule has 0 aliphatic heterocycles. The Morgan fingerprint density at radius 3 is 2.57 bits per heavy atom. The van der Waals surface area contributed by atoms with E-state index in [-0.39, 0.29) is 11.6 Å². The van der Waals surface area contributed by atoms with Crippen LogP contribution < -0.4 is 4.74 Å². The molecule has 1 unspecified atom stereocenters. The van der Waals surface area contributed by atoms with E-state index in [4.69, 9.17) is 4.74 Å². The van der Waals surface area contributed by atoms with Gasteiger partial charge in [-0.05, 0) is 60.8 Å². The van der Waals surface area contributed by atoms with Crippen molar-refractivity contribution >= 4 is 11.7 Å². The number of carboxylic acids is 1. The van der Waals surface area contributed by atoms with Crippen LogP contribution in [0, 0.1) is 22.0 Å². The third-order valence-corrected chi connectivity index (χ3v) is 5.84. The lowest BCUT2D eigenvalue weighted by Gasteiger charge is -2.31. The quantitative estimate of drug-likeness (QED) is 0.392. The molecule has 1 atom stereocenters. The first kappa shape index (κ1) is 21.8. The third kappa shape index (κ3) is 4.64. The molecule has 160 valence electrons. The number of ether oxygens (including phenoxy) is 1. The first-order valence-corrected chi connectivity index (χ1v) is 10.5. The summed E-state index contributed by atoms with van der Waals surface area (Å²) >= 11 is 0. The van der Waals surface area contributed by atoms with Gasteiger partial charge in [0, 0.05) is 17.7 Å². The monoisotopic (exact) mass is 411 g/mol. The number of carboxylic acid groups (broad SMARTS) is 1. The molecule has 0 saturated heterocycles. The van der Waals surface area contributed by atoms with Crippen LogP contribution >= 0.6 is 0 Å². The SMILES string of the molecule is CCC(CC(C)C)(C(=O)O)c1ccc(OCC2CC2)c(-c2cccc([N+](=O)[O-])c2)c1. The first-order valence-electron chi connectivity index (χ1n) is 10.5. The number of rotatable bonds is 10. The van der Waals surface area contributed by atoms with Crippen LogP contribution in [0.2, 0.25) is 0 Å². The zero-order chi connectivity index (χ0) is 21.9. The van der Waals surface area contributed by atoms with Gasteiger partial charge in [0.2, 0.25) is 0 Å². The summed E-state index contributed by atoms with van der Waals surface area (Å²) in [4.78, 5) is 23.2. The highest BCUT2D eigenvalue weighted by Gasteiger charge is 2.39. The number of hydrogen-bond donors (Lipinski definition) is 1. The fraction of sp³-hybridized carbons (Fsp3) is 0.458. The molecule has 3 rings (SSSR count). The maximum Gasteiger partial charge on any atom is 0.314 e. The number of carbonyl (C=O) groups is 1. The third-order valence-electron chi connectivity index (χ3n) is 5.84. The smallest absolute Gasteiger partial charge is 0.314 e. The molecule has 1 saturated carbocycles. The van der Waals surface area contributed by atoms with Gasteiger partial charge in [0.25, 0.3) is 5.69 Å². The summed E-state index contributed by atoms with van der Waals surface area (Å²) in [5, 5.41) is 21.4. The van der Waals surface area contributed by atoms with Gasteiger partial charge in [-0.3, -0.25) is 14.9 Å². The predicted octanol–water partition coefficient (Wildman–Crippen LogP) is 5.83. The van der Waals surface area contributed by atoms with E-state index < -0.39 is 16.3 Å². The van der Waals surface area contributed by atoms with Crippen molar-refractivity contribution in [3.05, 3.63) is 58.1 Å². The molecule has 0 aromatic heterocycles. The maximum atomic E-state index is 12.4. The minimum atomic E-state index is -1.02. The number of hydrogen-bond acceptors (Lipinski definition) is 4. The Morgan fingerprint density at radius 1 is 1.27 bits per heavy atom. The topological polar surface area (TPSA) is 89.7 Å². The van der Waals surface area contributed by atoms with Gasteiger partial charge >= 0.3 is 5.97 Å². The minimum Gasteiger partial charge on any atom is -0.493 e. The highest BCUT2D eigenvalue weighted by atomic mass is 16.6. The van der Waals surface area contributed by atoms with Crippen LogP contribution in [0.1, 0.15) is 52.0 Å². The molecular formula is C24H29NO5. The summed E-state index contributed by atoms with van der Waals surface area (Å²) in [6, 6.07) is 11.9. The number of nitrogens with zero attached hydrogens (tertiary/aromatic N) is 1. The fourth-order valence-corrected chi connectivity index (χ4v) is 3.98. The van der Waals surface area contributed by atoms with Crippen LogP contribution in [0.5, 0.6) is 5.75 Å². The Kier molecular flexibility index (Phi) is 6.44. The summed E-state index contributed by atoms with van der Waals surface area (Å²) in [5.41, 5.74) is 1.02. The van der Waals surface area contributed by atoms with E-state index in [2.05, 4.69) is 0 Å². The second-order valence-electron chi connectivity index (χ2n) is 8.61. The number of aliphatic carboxylic acids is 1. The van der Waals surface area contributed by atoms with Crippen molar-refractivity contribution in [2.75, 3.05) is 6.61 Å². The zero-order valence-electron chi connectivity index (χ0n) is 17.8. The lowest BCUT2D eigenvalue weighted by Crippen LogP contribution is -2.36. The first-order chi connectivity index (χ1) is 14.3. The summed E-state index contributed by atoms with van der Waals surface area (Å²) in [5.74, 6) is 0.534. The normalized spacial score (nSPS) is 15.6. The maximum absolute atomic E-state index is 12.4. The average molecular weight is 411 g/mol. The van der Waals surface area contributed by atoms with Crippen molar-refractivity contribution < 1.29 is 19.6 Å². The molecule has 1 aliphatic carbocycles. The molecule has 1 fully saturated rings. The Hall–Kier alpha value is -2.89. The molecule has 0 spiro atoms. The fourth-order valence-electron chi connectivity index (χ4n) is 3.98. The second-order valence-corrected chi connectivity index (χ2v) is 8.61. The van der Waals surface area contributed by atoms with Crippen molar-refractivity contribution in [3.63, 3.8) is 0 Å². The second kappa shape index (κ2) is 8.86. The highest BCUT2D eigenvalue weighted by Crippen LogP contribution is 2.41. The molecule has 1 aliphatic rings. The van der Waals surface area contributed by atoms with Crippen molar-refractivity contribution in [2.24, 2.45) is 11.8 Å². The lowest BCUT2D eigenvalue weighted by atomic mass is 9.72. The summed E-state index contributed by atoms with van der Waals surface area (Å²) < 4.78 is 6.04. The van der Waals surface area contributed by atoms with Crippen molar-refractivity contribution in [3.8, 4) is 16.9 Å². The molecule has 0 heterocycles. The van der Waals surface area contributed by atoms with E-state index in [9.17, 15) is 20.0 Å². The Labute approximate surface area is 177 Å². The van der Waals surface area contributed by atoms with Gasteiger partial charge in [0.05, 0.1) is 16.9 Å². The predicted molar refractivity (Wildman–Crippen MR) is 116 cm³/mol. The van der Waals surface area contributed by atoms with Gasteiger partial charge in [0.15, 0.2) is 0 Å². The molecule has 2 aromatic carbocycles. The number of non-ortho nitro benzene ring substituents is 1. The Balaban J connectivity index is 2.12. The summed E-state index contributed by atoms with van der Waals surface area (Å²) in [7, 11) is 0. The molecule has 1 N–H and O–H groups in total. The molecule has 0 radical (unpaired) electrons. The molecular weight excluding hydrogens is 382 g/mol. The Bertz CT molecular complexity index is 935. The van der Waals surface area contributed by atoms with Gasteiger partial charge < -0.3 is 9.84 Å². The molecule has 0 bridgehead atoms. The van der Waals surface area contributed by atoms with E-state index in [1.54, 1.807) is 12.1 Å². The molecule has 6 nitrogen and oxygen atoms in total. The summed E-state index contributed by atoms with van der Waals surface area (Å²) in [6.45, 7) is 6.52. The number of nitro groups is 1. The number of benzene rings is 2. The standard InChI is InChI=1S/C24H29NO5/c1-4-24(23(26)27,14-16(2)3)19-10-11-22(30-15-17-8-9-17)21(13-19)18-6-5-7-20(12-18)25(28)29/h5-7,10-13,16-17H,4,8-9,14-15H2,1-3H3,(H,26,27). The van der Waals surface area contributed by atoms with Crippen LogP contribution in [-0.2, 0) is 10.2 Å². The molecule has 2 aromatic rings. The van der Waals surface area contributed by atoms with Crippen molar-refractivity contribution in [1.29, 1.82) is 0 Å². The molecule has 0 amide bonds. The molecule has 6 heteroatoms. The average Bonchev–Trinajstić information content (AvgIpc) is 3.54. The van der Waals surface area contributed by atoms with Gasteiger partial charge in [-0.25, -0.2) is 0 Å². The van der Waals surface area contributed by atoms with E-state index in [1.165, 1.54) is 12.1 Å². The van der Waals surface area contributed by atoms with Crippen molar-refractivity contribution in [2.45, 2.75) is 51.9 Å². The van der Waals surface area contributed by atoms with Gasteiger partial charge in [-0.1, -0.05) is 39.0 Å². The number of nitro benzene ring substituents is 1. The van der Waals surface area contributed by atoms with Gasteiger partial charge in [-0.2, -0.15) is 0 Å². The van der Waals surface area contributed by atoms with E-state index in [0.717, 1.165) is 12.8 Å². The summed E-state index contributed by atoms with van der Waals surface area (Å²) in [6.07, 6.45) is 3.26. The molecule has 30 heavy (non-hydrogen) atoms. The van der Waals surface area contributed by atoms with Crippen LogP contribution in [0.15, 0.2) is 42.5 Å². The van der Waals surface area contributed by atoms with Crippen molar-refractivity contribution in [1.82, 2.24) is 0 Å².